The summed E-state index contributed by atoms with van der Waals surface area (Å²) >= 11 is 0. The molecule has 0 aromatic rings. The summed E-state index contributed by atoms with van der Waals surface area (Å²) in [6.07, 6.45) is 2.38. The van der Waals surface area contributed by atoms with Crippen molar-refractivity contribution in [2.75, 3.05) is 32.7 Å². The van der Waals surface area contributed by atoms with Crippen molar-refractivity contribution in [3.63, 3.8) is 0 Å². The van der Waals surface area contributed by atoms with Gasteiger partial charge in [-0.1, -0.05) is 0 Å². The van der Waals surface area contributed by atoms with Gasteiger partial charge in [0.1, 0.15) is 0 Å². The molecule has 0 aliphatic carbocycles. The van der Waals surface area contributed by atoms with Crippen LogP contribution in [0, 0.1) is 5.41 Å². The molecule has 2 saturated heterocycles. The van der Waals surface area contributed by atoms with Crippen LogP contribution in [0.15, 0.2) is 0 Å². The van der Waals surface area contributed by atoms with Crippen molar-refractivity contribution in [3.05, 3.63) is 0 Å². The third-order valence-electron chi connectivity index (χ3n) is 4.20. The fourth-order valence-corrected chi connectivity index (χ4v) is 2.86. The second kappa shape index (κ2) is 4.55. The second-order valence-electron chi connectivity index (χ2n) is 5.86. The van der Waals surface area contributed by atoms with Crippen molar-refractivity contribution < 1.29 is 9.90 Å². The zero-order chi connectivity index (χ0) is 12.5. The standard InChI is InChI=1S/C12H23N3O2/c1-11(10(13)16)4-7-15(8-11)9-12(17)2-5-14-6-3-12/h14,17H,2-9H2,1H3,(H2,13,16). The lowest BCUT2D eigenvalue weighted by Crippen LogP contribution is -2.50. The van der Waals surface area contributed by atoms with E-state index in [1.807, 2.05) is 6.92 Å². The van der Waals surface area contributed by atoms with Gasteiger partial charge in [0.2, 0.25) is 5.91 Å². The summed E-state index contributed by atoms with van der Waals surface area (Å²) in [6, 6.07) is 0. The first-order valence-corrected chi connectivity index (χ1v) is 6.39. The fourth-order valence-electron chi connectivity index (χ4n) is 2.86. The molecule has 0 aromatic heterocycles. The van der Waals surface area contributed by atoms with Crippen LogP contribution in [-0.2, 0) is 4.79 Å². The Bertz CT molecular complexity index is 302. The van der Waals surface area contributed by atoms with Crippen molar-refractivity contribution >= 4 is 5.91 Å². The quantitative estimate of drug-likeness (QED) is 0.610. The van der Waals surface area contributed by atoms with Gasteiger partial charge in [-0.15, -0.1) is 0 Å². The van der Waals surface area contributed by atoms with E-state index in [4.69, 9.17) is 5.73 Å². The molecule has 98 valence electrons. The predicted molar refractivity (Wildman–Crippen MR) is 65.4 cm³/mol. The largest absolute Gasteiger partial charge is 0.388 e. The van der Waals surface area contributed by atoms with E-state index in [9.17, 15) is 9.90 Å². The molecular formula is C12H23N3O2. The van der Waals surface area contributed by atoms with Crippen LogP contribution in [0.1, 0.15) is 26.2 Å². The number of β-amino-alcohol motifs (C(OH)–C–C–N with tert-alkyl or cyclic N) is 1. The number of rotatable bonds is 3. The Morgan fingerprint density at radius 2 is 2.06 bits per heavy atom. The third kappa shape index (κ3) is 2.78. The van der Waals surface area contributed by atoms with E-state index in [-0.39, 0.29) is 5.91 Å². The molecule has 0 radical (unpaired) electrons. The predicted octanol–water partition coefficient (Wildman–Crippen LogP) is -0.702. The first-order valence-electron chi connectivity index (χ1n) is 6.39. The van der Waals surface area contributed by atoms with E-state index in [2.05, 4.69) is 10.2 Å². The lowest BCUT2D eigenvalue weighted by Gasteiger charge is -2.36. The minimum absolute atomic E-state index is 0.225. The molecular weight excluding hydrogens is 218 g/mol. The summed E-state index contributed by atoms with van der Waals surface area (Å²) in [5.74, 6) is -0.225. The van der Waals surface area contributed by atoms with E-state index >= 15 is 0 Å². The van der Waals surface area contributed by atoms with E-state index in [0.29, 0.717) is 13.1 Å². The maximum Gasteiger partial charge on any atom is 0.224 e. The first kappa shape index (κ1) is 12.8. The zero-order valence-electron chi connectivity index (χ0n) is 10.5. The summed E-state index contributed by atoms with van der Waals surface area (Å²) in [5, 5.41) is 13.7. The maximum absolute atomic E-state index is 11.4. The fraction of sp³-hybridized carbons (Fsp3) is 0.917. The summed E-state index contributed by atoms with van der Waals surface area (Å²) in [7, 11) is 0. The number of nitrogens with two attached hydrogens (primary N) is 1. The molecule has 0 spiro atoms. The monoisotopic (exact) mass is 241 g/mol. The molecule has 2 rings (SSSR count). The Morgan fingerprint density at radius 1 is 1.41 bits per heavy atom. The van der Waals surface area contributed by atoms with Crippen molar-refractivity contribution in [3.8, 4) is 0 Å². The number of carbonyl (C=O) groups excluding carboxylic acids is 1. The molecule has 1 unspecified atom stereocenters. The smallest absolute Gasteiger partial charge is 0.224 e. The molecule has 2 aliphatic heterocycles. The molecule has 17 heavy (non-hydrogen) atoms. The average Bonchev–Trinajstić information content (AvgIpc) is 2.62. The number of nitrogens with one attached hydrogen (secondary N) is 1. The SMILES string of the molecule is CC1(C(N)=O)CCN(CC2(O)CCNCC2)C1. The number of carbonyl (C=O) groups is 1. The van der Waals surface area contributed by atoms with E-state index < -0.39 is 11.0 Å². The van der Waals surface area contributed by atoms with Gasteiger partial charge in [0.25, 0.3) is 0 Å². The highest BCUT2D eigenvalue weighted by Crippen LogP contribution is 2.31. The molecule has 4 N–H and O–H groups in total. The minimum Gasteiger partial charge on any atom is -0.388 e. The van der Waals surface area contributed by atoms with Crippen molar-refractivity contribution in [2.24, 2.45) is 11.1 Å². The number of nitrogens with zero attached hydrogens (tertiary/aromatic N) is 1. The molecule has 2 fully saturated rings. The second-order valence-corrected chi connectivity index (χ2v) is 5.86. The number of hydrogen-bond donors (Lipinski definition) is 3. The van der Waals surface area contributed by atoms with Gasteiger partial charge in [-0.3, -0.25) is 9.69 Å². The number of amides is 1. The van der Waals surface area contributed by atoms with Crippen molar-refractivity contribution in [2.45, 2.75) is 31.8 Å². The van der Waals surface area contributed by atoms with Crippen LogP contribution in [0.4, 0.5) is 0 Å². The van der Waals surface area contributed by atoms with E-state index in [1.165, 1.54) is 0 Å². The van der Waals surface area contributed by atoms with Gasteiger partial charge in [0, 0.05) is 13.1 Å². The van der Waals surface area contributed by atoms with Crippen molar-refractivity contribution in [1.29, 1.82) is 0 Å². The molecule has 5 heteroatoms. The zero-order valence-corrected chi connectivity index (χ0v) is 10.5. The van der Waals surface area contributed by atoms with E-state index in [1.54, 1.807) is 0 Å². The highest BCUT2D eigenvalue weighted by Gasteiger charge is 2.41. The van der Waals surface area contributed by atoms with Gasteiger partial charge in [-0.05, 0) is 45.8 Å². The molecule has 0 bridgehead atoms. The lowest BCUT2D eigenvalue weighted by atomic mass is 9.89. The number of piperidine rings is 1. The van der Waals surface area contributed by atoms with E-state index in [0.717, 1.165) is 38.9 Å². The van der Waals surface area contributed by atoms with Crippen LogP contribution in [-0.4, -0.2) is 54.2 Å². The Labute approximate surface area is 102 Å². The van der Waals surface area contributed by atoms with Crippen LogP contribution in [0.2, 0.25) is 0 Å². The molecule has 5 nitrogen and oxygen atoms in total. The average molecular weight is 241 g/mol. The van der Waals surface area contributed by atoms with Gasteiger partial charge in [-0.2, -0.15) is 0 Å². The summed E-state index contributed by atoms with van der Waals surface area (Å²) in [6.45, 7) is 5.86. The Morgan fingerprint density at radius 3 is 2.59 bits per heavy atom. The number of hydrogen-bond acceptors (Lipinski definition) is 4. The molecule has 1 amide bonds. The lowest BCUT2D eigenvalue weighted by molar-refractivity contribution is -0.126. The van der Waals surface area contributed by atoms with Crippen LogP contribution >= 0.6 is 0 Å². The van der Waals surface area contributed by atoms with Crippen LogP contribution < -0.4 is 11.1 Å². The normalized spacial score (nSPS) is 33.8. The molecule has 2 heterocycles. The van der Waals surface area contributed by atoms with Crippen LogP contribution in [0.5, 0.6) is 0 Å². The maximum atomic E-state index is 11.4. The van der Waals surface area contributed by atoms with Gasteiger partial charge in [0.05, 0.1) is 11.0 Å². The molecule has 2 aliphatic rings. The van der Waals surface area contributed by atoms with Gasteiger partial charge in [0.15, 0.2) is 0 Å². The minimum atomic E-state index is -0.589. The highest BCUT2D eigenvalue weighted by atomic mass is 16.3. The molecule has 0 aromatic carbocycles. The summed E-state index contributed by atoms with van der Waals surface area (Å²) in [4.78, 5) is 13.5. The molecule has 0 saturated carbocycles. The van der Waals surface area contributed by atoms with Gasteiger partial charge >= 0.3 is 0 Å². The summed E-state index contributed by atoms with van der Waals surface area (Å²) < 4.78 is 0. The summed E-state index contributed by atoms with van der Waals surface area (Å²) in [5.41, 5.74) is 4.42. The number of primary amides is 1. The first-order chi connectivity index (χ1) is 7.94. The van der Waals surface area contributed by atoms with Gasteiger partial charge < -0.3 is 16.2 Å². The molecule has 1 atom stereocenters. The Balaban J connectivity index is 1.91. The highest BCUT2D eigenvalue weighted by molar-refractivity contribution is 5.81. The van der Waals surface area contributed by atoms with Crippen molar-refractivity contribution in [1.82, 2.24) is 10.2 Å². The third-order valence-corrected chi connectivity index (χ3v) is 4.20. The Kier molecular flexibility index (Phi) is 3.43. The topological polar surface area (TPSA) is 78.6 Å². The number of aliphatic hydroxyl groups is 1. The number of likely N-dealkylation sites (tertiary alicyclic amines) is 1. The Hall–Kier alpha value is -0.650. The van der Waals surface area contributed by atoms with Crippen LogP contribution in [0.25, 0.3) is 0 Å². The van der Waals surface area contributed by atoms with Crippen LogP contribution in [0.3, 0.4) is 0 Å². The van der Waals surface area contributed by atoms with Gasteiger partial charge in [-0.25, -0.2) is 0 Å².